The maximum absolute atomic E-state index is 2.16. The lowest BCUT2D eigenvalue weighted by atomic mass is 10.0. The van der Waals surface area contributed by atoms with Crippen LogP contribution in [0.1, 0.15) is 11.1 Å². The van der Waals surface area contributed by atoms with E-state index in [9.17, 15) is 0 Å². The summed E-state index contributed by atoms with van der Waals surface area (Å²) in [5, 5.41) is 0. The van der Waals surface area contributed by atoms with Crippen LogP contribution >= 0.6 is 0 Å². The molecule has 0 N–H and O–H groups in total. The van der Waals surface area contributed by atoms with E-state index in [1.165, 1.54) is 33.4 Å². The summed E-state index contributed by atoms with van der Waals surface area (Å²) in [6.07, 6.45) is 0. The van der Waals surface area contributed by atoms with E-state index in [0.717, 1.165) is 0 Å². The number of hydrogen-bond acceptors (Lipinski definition) is 0. The molecule has 4 aromatic carbocycles. The molecule has 4 rings (SSSR count). The molecule has 0 nitrogen and oxygen atoms in total. The fraction of sp³-hybridized carbons (Fsp3) is 0.0769. The molecule has 128 valence electrons. The Kier molecular flexibility index (Phi) is 6.01. The summed E-state index contributed by atoms with van der Waals surface area (Å²) in [5.74, 6) is 0. The van der Waals surface area contributed by atoms with Crippen LogP contribution in [0.3, 0.4) is 0 Å². The Bertz CT molecular complexity index is 822. The Labute approximate surface area is 156 Å². The highest BCUT2D eigenvalue weighted by Crippen LogP contribution is 2.19. The van der Waals surface area contributed by atoms with E-state index >= 15 is 0 Å². The van der Waals surface area contributed by atoms with Crippen LogP contribution in [0.5, 0.6) is 0 Å². The van der Waals surface area contributed by atoms with Gasteiger partial charge in [-0.1, -0.05) is 120 Å². The molecule has 0 saturated carbocycles. The molecular weight excluding hydrogens is 312 g/mol. The van der Waals surface area contributed by atoms with E-state index in [4.69, 9.17) is 0 Å². The van der Waals surface area contributed by atoms with Crippen LogP contribution in [0.4, 0.5) is 0 Å². The molecule has 0 unspecified atom stereocenters. The minimum Gasteiger partial charge on any atom is -0.0622 e. The summed E-state index contributed by atoms with van der Waals surface area (Å²) in [5.41, 5.74) is 7.74. The Hall–Kier alpha value is -3.12. The lowest BCUT2D eigenvalue weighted by Gasteiger charge is -2.00. The highest BCUT2D eigenvalue weighted by atomic mass is 14.0. The molecule has 0 bridgehead atoms. The van der Waals surface area contributed by atoms with Gasteiger partial charge in [-0.2, -0.15) is 0 Å². The van der Waals surface area contributed by atoms with E-state index < -0.39 is 0 Å². The molecule has 0 heterocycles. The van der Waals surface area contributed by atoms with Crippen molar-refractivity contribution >= 4 is 0 Å². The maximum Gasteiger partial charge on any atom is -0.0184 e. The van der Waals surface area contributed by atoms with Gasteiger partial charge >= 0.3 is 0 Å². The van der Waals surface area contributed by atoms with Crippen LogP contribution in [0.15, 0.2) is 109 Å². The van der Waals surface area contributed by atoms with Crippen molar-refractivity contribution < 1.29 is 0 Å². The van der Waals surface area contributed by atoms with Crippen molar-refractivity contribution in [2.45, 2.75) is 13.8 Å². The Morgan fingerprint density at radius 1 is 0.308 bits per heavy atom. The van der Waals surface area contributed by atoms with Gasteiger partial charge in [0.15, 0.2) is 0 Å². The van der Waals surface area contributed by atoms with Gasteiger partial charge in [-0.05, 0) is 36.1 Å². The first-order valence-electron chi connectivity index (χ1n) is 8.96. The maximum atomic E-state index is 2.16. The van der Waals surface area contributed by atoms with Crippen molar-refractivity contribution in [3.05, 3.63) is 120 Å². The first-order valence-corrected chi connectivity index (χ1v) is 8.96. The molecular formula is C26H24. The molecule has 0 radical (unpaired) electrons. The summed E-state index contributed by atoms with van der Waals surface area (Å²) in [6.45, 7) is 4.21. The molecule has 0 heteroatoms. The third kappa shape index (κ3) is 4.94. The molecule has 0 aliphatic carbocycles. The number of benzene rings is 4. The second-order valence-electron chi connectivity index (χ2n) is 6.46. The molecule has 0 aromatic heterocycles. The molecule has 0 spiro atoms. The molecule has 26 heavy (non-hydrogen) atoms. The molecule has 0 fully saturated rings. The van der Waals surface area contributed by atoms with Gasteiger partial charge in [-0.3, -0.25) is 0 Å². The van der Waals surface area contributed by atoms with E-state index in [0.29, 0.717) is 0 Å². The number of aryl methyl sites for hydroxylation is 2. The first kappa shape index (κ1) is 17.7. The normalized spacial score (nSPS) is 9.92. The van der Waals surface area contributed by atoms with Gasteiger partial charge in [-0.15, -0.1) is 0 Å². The molecule has 4 aromatic rings. The average Bonchev–Trinajstić information content (AvgIpc) is 2.71. The molecule has 0 saturated heterocycles. The van der Waals surface area contributed by atoms with E-state index in [2.05, 4.69) is 111 Å². The zero-order valence-corrected chi connectivity index (χ0v) is 15.4. The van der Waals surface area contributed by atoms with Crippen LogP contribution in [-0.4, -0.2) is 0 Å². The average molecular weight is 336 g/mol. The zero-order chi connectivity index (χ0) is 18.2. The lowest BCUT2D eigenvalue weighted by Crippen LogP contribution is -1.76. The predicted octanol–water partition coefficient (Wildman–Crippen LogP) is 7.32. The van der Waals surface area contributed by atoms with E-state index in [1.807, 2.05) is 12.1 Å². The highest BCUT2D eigenvalue weighted by molar-refractivity contribution is 5.64. The van der Waals surface area contributed by atoms with Gasteiger partial charge < -0.3 is 0 Å². The third-order valence-corrected chi connectivity index (χ3v) is 4.32. The second-order valence-corrected chi connectivity index (χ2v) is 6.46. The predicted molar refractivity (Wildman–Crippen MR) is 113 cm³/mol. The fourth-order valence-corrected chi connectivity index (χ4v) is 2.75. The van der Waals surface area contributed by atoms with Crippen molar-refractivity contribution in [3.8, 4) is 22.3 Å². The van der Waals surface area contributed by atoms with Crippen molar-refractivity contribution in [1.82, 2.24) is 0 Å². The first-order chi connectivity index (χ1) is 12.7. The monoisotopic (exact) mass is 336 g/mol. The van der Waals surface area contributed by atoms with Gasteiger partial charge in [0.05, 0.1) is 0 Å². The molecule has 0 atom stereocenters. The van der Waals surface area contributed by atoms with Crippen molar-refractivity contribution in [1.29, 1.82) is 0 Å². The summed E-state index contributed by atoms with van der Waals surface area (Å²) in [6, 6.07) is 38.1. The van der Waals surface area contributed by atoms with Gasteiger partial charge in [0.1, 0.15) is 0 Å². The van der Waals surface area contributed by atoms with Gasteiger partial charge in [0.25, 0.3) is 0 Å². The van der Waals surface area contributed by atoms with Gasteiger partial charge in [-0.25, -0.2) is 0 Å². The van der Waals surface area contributed by atoms with Crippen LogP contribution in [-0.2, 0) is 0 Å². The lowest BCUT2D eigenvalue weighted by molar-refractivity contribution is 1.47. The second kappa shape index (κ2) is 8.82. The zero-order valence-electron chi connectivity index (χ0n) is 15.4. The SMILES string of the molecule is Cc1ccc(-c2ccccc2)cc1.Cc1ccc(-c2ccccc2)cc1. The number of rotatable bonds is 2. The van der Waals surface area contributed by atoms with E-state index in [-0.39, 0.29) is 0 Å². The van der Waals surface area contributed by atoms with Crippen molar-refractivity contribution in [2.24, 2.45) is 0 Å². The summed E-state index contributed by atoms with van der Waals surface area (Å²) >= 11 is 0. The summed E-state index contributed by atoms with van der Waals surface area (Å²) in [7, 11) is 0. The fourth-order valence-electron chi connectivity index (χ4n) is 2.75. The smallest absolute Gasteiger partial charge is 0.0184 e. The van der Waals surface area contributed by atoms with Crippen LogP contribution in [0, 0.1) is 13.8 Å². The largest absolute Gasteiger partial charge is 0.0622 e. The summed E-state index contributed by atoms with van der Waals surface area (Å²) < 4.78 is 0. The third-order valence-electron chi connectivity index (χ3n) is 4.32. The van der Waals surface area contributed by atoms with Crippen molar-refractivity contribution in [3.63, 3.8) is 0 Å². The number of hydrogen-bond donors (Lipinski definition) is 0. The van der Waals surface area contributed by atoms with Crippen LogP contribution in [0.2, 0.25) is 0 Å². The van der Waals surface area contributed by atoms with Crippen LogP contribution < -0.4 is 0 Å². The quantitative estimate of drug-likeness (QED) is 0.359. The Balaban J connectivity index is 0.000000151. The minimum absolute atomic E-state index is 1.28. The highest BCUT2D eigenvalue weighted by Gasteiger charge is 1.94. The summed E-state index contributed by atoms with van der Waals surface area (Å²) in [4.78, 5) is 0. The molecule has 0 aliphatic heterocycles. The minimum atomic E-state index is 1.28. The Morgan fingerprint density at radius 3 is 0.885 bits per heavy atom. The van der Waals surface area contributed by atoms with Gasteiger partial charge in [0.2, 0.25) is 0 Å². The molecule has 0 aliphatic rings. The van der Waals surface area contributed by atoms with Gasteiger partial charge in [0, 0.05) is 0 Å². The van der Waals surface area contributed by atoms with Crippen LogP contribution in [0.25, 0.3) is 22.3 Å². The van der Waals surface area contributed by atoms with Crippen molar-refractivity contribution in [2.75, 3.05) is 0 Å². The topological polar surface area (TPSA) is 0 Å². The standard InChI is InChI=1S/2C13H12/c2*1-11-7-9-13(10-8-11)12-5-3-2-4-6-12/h2*2-10H,1H3. The molecule has 0 amide bonds. The van der Waals surface area contributed by atoms with E-state index in [1.54, 1.807) is 0 Å². The Morgan fingerprint density at radius 2 is 0.577 bits per heavy atom.